The van der Waals surface area contributed by atoms with Gasteiger partial charge in [-0.3, -0.25) is 0 Å². The van der Waals surface area contributed by atoms with Crippen LogP contribution in [0.2, 0.25) is 5.02 Å². The van der Waals surface area contributed by atoms with E-state index in [1.54, 1.807) is 6.07 Å². The molecule has 0 saturated carbocycles. The van der Waals surface area contributed by atoms with Gasteiger partial charge in [-0.1, -0.05) is 0 Å². The Kier molecular flexibility index (Phi) is 4.44. The first kappa shape index (κ1) is 15.0. The fourth-order valence-electron chi connectivity index (χ4n) is 2.20. The summed E-state index contributed by atoms with van der Waals surface area (Å²) < 4.78 is 1.91. The van der Waals surface area contributed by atoms with Crippen LogP contribution in [0.15, 0.2) is 54.7 Å². The molecule has 0 saturated heterocycles. The molecule has 2 aromatic carbocycles. The number of carbonyl (C=O) groups excluding carboxylic acids is 1. The van der Waals surface area contributed by atoms with Gasteiger partial charge in [0, 0.05) is 0 Å². The first-order chi connectivity index (χ1) is 10.7. The van der Waals surface area contributed by atoms with Gasteiger partial charge in [-0.25, -0.2) is 0 Å². The van der Waals surface area contributed by atoms with E-state index < -0.39 is 0 Å². The molecule has 1 aromatic heterocycles. The summed E-state index contributed by atoms with van der Waals surface area (Å²) in [6.07, 6.45) is 2.63. The summed E-state index contributed by atoms with van der Waals surface area (Å²) in [5, 5.41) is 0.539. The Morgan fingerprint density at radius 1 is 1.14 bits per heavy atom. The zero-order chi connectivity index (χ0) is 15.5. The molecule has 0 fully saturated rings. The molecule has 0 aliphatic carbocycles. The molecule has 0 unspecified atom stereocenters. The third kappa shape index (κ3) is 2.86. The van der Waals surface area contributed by atoms with E-state index in [2.05, 4.69) is 24.0 Å². The molecule has 0 spiro atoms. The van der Waals surface area contributed by atoms with Gasteiger partial charge in [0.05, 0.1) is 0 Å². The van der Waals surface area contributed by atoms with Crippen LogP contribution in [0.1, 0.15) is 5.56 Å². The van der Waals surface area contributed by atoms with Gasteiger partial charge in [-0.05, 0) is 0 Å². The van der Waals surface area contributed by atoms with Crippen molar-refractivity contribution in [2.45, 2.75) is 6.92 Å². The van der Waals surface area contributed by atoms with Gasteiger partial charge in [0.15, 0.2) is 0 Å². The Balaban J connectivity index is 2.01. The third-order valence-corrected chi connectivity index (χ3v) is 5.81. The van der Waals surface area contributed by atoms with E-state index in [-0.39, 0.29) is 14.5 Å². The average molecular weight is 376 g/mol. The maximum absolute atomic E-state index is 11.5. The van der Waals surface area contributed by atoms with Gasteiger partial charge in [0.1, 0.15) is 0 Å². The first-order valence-corrected chi connectivity index (χ1v) is 8.80. The van der Waals surface area contributed by atoms with E-state index >= 15 is 0 Å². The number of carbonyl (C=O) groups is 1. The fraction of sp³-hybridized carbons (Fsp3) is 0.0588. The third-order valence-electron chi connectivity index (χ3n) is 3.33. The zero-order valence-corrected chi connectivity index (χ0v) is 14.3. The molecule has 0 aliphatic rings. The van der Waals surface area contributed by atoms with Crippen LogP contribution in [-0.2, 0) is 4.79 Å². The zero-order valence-electron chi connectivity index (χ0n) is 11.9. The summed E-state index contributed by atoms with van der Waals surface area (Å²) in [6, 6.07) is 15.5. The SMILES string of the molecule is Cc1ccccc1-c1cnc(N(C=O)c2ccccc2Cl)[se]1. The van der Waals surface area contributed by atoms with E-state index in [1.807, 2.05) is 36.5 Å². The molecule has 1 amide bonds. The van der Waals surface area contributed by atoms with Crippen LogP contribution in [0.25, 0.3) is 10.0 Å². The van der Waals surface area contributed by atoms with Gasteiger partial charge >= 0.3 is 140 Å². The number of anilines is 2. The van der Waals surface area contributed by atoms with Gasteiger partial charge in [0.2, 0.25) is 0 Å². The van der Waals surface area contributed by atoms with E-state index in [0.717, 1.165) is 11.1 Å². The van der Waals surface area contributed by atoms with Crippen molar-refractivity contribution < 1.29 is 4.79 Å². The van der Waals surface area contributed by atoms with E-state index in [9.17, 15) is 4.79 Å². The summed E-state index contributed by atoms with van der Waals surface area (Å²) in [5.41, 5.74) is 3.06. The quantitative estimate of drug-likeness (QED) is 0.509. The number of para-hydroxylation sites is 1. The van der Waals surface area contributed by atoms with Gasteiger partial charge in [0.25, 0.3) is 0 Å². The summed E-state index contributed by atoms with van der Waals surface area (Å²) in [4.78, 5) is 17.5. The Morgan fingerprint density at radius 3 is 2.59 bits per heavy atom. The van der Waals surface area contributed by atoms with Crippen LogP contribution in [0.4, 0.5) is 10.4 Å². The molecule has 0 N–H and O–H groups in total. The minimum absolute atomic E-state index is 0.0355. The van der Waals surface area contributed by atoms with Crippen LogP contribution >= 0.6 is 11.6 Å². The van der Waals surface area contributed by atoms with Gasteiger partial charge < -0.3 is 0 Å². The molecule has 0 atom stereocenters. The van der Waals surface area contributed by atoms with Crippen molar-refractivity contribution in [3.63, 3.8) is 0 Å². The Labute approximate surface area is 139 Å². The Hall–Kier alpha value is -1.87. The van der Waals surface area contributed by atoms with Crippen molar-refractivity contribution in [1.82, 2.24) is 4.98 Å². The molecule has 0 bridgehead atoms. The van der Waals surface area contributed by atoms with Crippen LogP contribution in [0.5, 0.6) is 0 Å². The number of hydrogen-bond acceptors (Lipinski definition) is 2. The normalized spacial score (nSPS) is 10.5. The molecule has 1 heterocycles. The van der Waals surface area contributed by atoms with Crippen LogP contribution < -0.4 is 4.90 Å². The van der Waals surface area contributed by atoms with Crippen molar-refractivity contribution in [2.75, 3.05) is 4.90 Å². The topological polar surface area (TPSA) is 33.2 Å². The molecular formula is C17H13ClN2OSe. The van der Waals surface area contributed by atoms with E-state index in [4.69, 9.17) is 11.6 Å². The predicted molar refractivity (Wildman–Crippen MR) is 91.0 cm³/mol. The number of aromatic nitrogens is 1. The second kappa shape index (κ2) is 6.49. The molecule has 3 aromatic rings. The van der Waals surface area contributed by atoms with Crippen LogP contribution in [0.3, 0.4) is 0 Å². The Bertz CT molecular complexity index is 816. The van der Waals surface area contributed by atoms with Crippen LogP contribution in [0, 0.1) is 6.92 Å². The molecule has 110 valence electrons. The predicted octanol–water partition coefficient (Wildman–Crippen LogP) is 4.06. The first-order valence-electron chi connectivity index (χ1n) is 6.71. The average Bonchev–Trinajstić information content (AvgIpc) is 3.00. The van der Waals surface area contributed by atoms with Crippen molar-refractivity contribution in [1.29, 1.82) is 0 Å². The molecule has 5 heteroatoms. The van der Waals surface area contributed by atoms with Crippen molar-refractivity contribution in [2.24, 2.45) is 0 Å². The minimum atomic E-state index is -0.0355. The number of halogens is 1. The summed E-state index contributed by atoms with van der Waals surface area (Å²) >= 11 is 6.15. The number of amides is 1. The van der Waals surface area contributed by atoms with Gasteiger partial charge in [-0.2, -0.15) is 0 Å². The second-order valence-electron chi connectivity index (χ2n) is 4.75. The number of nitrogens with zero attached hydrogens (tertiary/aromatic N) is 2. The summed E-state index contributed by atoms with van der Waals surface area (Å²) in [6.45, 7) is 2.08. The van der Waals surface area contributed by atoms with Crippen molar-refractivity contribution >= 4 is 42.9 Å². The molecule has 3 rings (SSSR count). The monoisotopic (exact) mass is 376 g/mol. The standard InChI is InChI=1S/C17H13ClN2OSe/c1-12-6-2-3-7-13(12)16-10-19-17(22-16)20(11-21)15-9-5-4-8-14(15)18/h2-11H,1H3. The van der Waals surface area contributed by atoms with Crippen molar-refractivity contribution in [3.05, 3.63) is 65.3 Å². The van der Waals surface area contributed by atoms with Crippen molar-refractivity contribution in [3.8, 4) is 10.0 Å². The molecule has 0 radical (unpaired) electrons. The number of aryl methyl sites for hydroxylation is 1. The van der Waals surface area contributed by atoms with E-state index in [0.29, 0.717) is 10.7 Å². The number of benzene rings is 2. The fourth-order valence-corrected chi connectivity index (χ4v) is 4.50. The number of rotatable bonds is 4. The summed E-state index contributed by atoms with van der Waals surface area (Å²) in [5.74, 6) is 0. The number of hydrogen-bond donors (Lipinski definition) is 0. The molecule has 3 nitrogen and oxygen atoms in total. The van der Waals surface area contributed by atoms with E-state index in [1.165, 1.54) is 20.5 Å². The molecule has 0 aliphatic heterocycles. The van der Waals surface area contributed by atoms with Gasteiger partial charge in [-0.15, -0.1) is 0 Å². The van der Waals surface area contributed by atoms with Crippen LogP contribution in [-0.4, -0.2) is 25.9 Å². The summed E-state index contributed by atoms with van der Waals surface area (Å²) in [7, 11) is 0. The maximum atomic E-state index is 11.5. The molecule has 22 heavy (non-hydrogen) atoms. The molecular weight excluding hydrogens is 363 g/mol. The Morgan fingerprint density at radius 2 is 1.86 bits per heavy atom. The second-order valence-corrected chi connectivity index (χ2v) is 7.27.